The van der Waals surface area contributed by atoms with Crippen LogP contribution in [0.3, 0.4) is 0 Å². The van der Waals surface area contributed by atoms with Crippen LogP contribution in [0.15, 0.2) is 24.5 Å². The van der Waals surface area contributed by atoms with E-state index >= 15 is 0 Å². The van der Waals surface area contributed by atoms with Gasteiger partial charge in [-0.15, -0.1) is 0 Å². The van der Waals surface area contributed by atoms with Crippen LogP contribution >= 0.6 is 0 Å². The number of allylic oxidation sites excluding steroid dienone is 2. The molecule has 1 aliphatic heterocycles. The molecule has 2 aromatic heterocycles. The molecule has 0 bridgehead atoms. The van der Waals surface area contributed by atoms with E-state index in [2.05, 4.69) is 27.9 Å². The molecule has 0 aromatic carbocycles. The molecule has 2 aromatic rings. The molecule has 5 heteroatoms. The highest BCUT2D eigenvalue weighted by molar-refractivity contribution is 6.18. The lowest BCUT2D eigenvalue weighted by Crippen LogP contribution is -2.35. The number of pyridine rings is 1. The van der Waals surface area contributed by atoms with Crippen LogP contribution in [0.2, 0.25) is 0 Å². The molecular weight excluding hydrogens is 286 g/mol. The molecule has 1 atom stereocenters. The Morgan fingerprint density at radius 2 is 2.35 bits per heavy atom. The van der Waals surface area contributed by atoms with Gasteiger partial charge in [-0.2, -0.15) is 0 Å². The molecule has 0 radical (unpaired) electrons. The summed E-state index contributed by atoms with van der Waals surface area (Å²) in [6.07, 6.45) is 11.7. The van der Waals surface area contributed by atoms with Gasteiger partial charge in [-0.25, -0.2) is 4.98 Å². The van der Waals surface area contributed by atoms with Crippen LogP contribution in [0.5, 0.6) is 0 Å². The number of fused-ring (bicyclic) bond motifs is 1. The van der Waals surface area contributed by atoms with Crippen LogP contribution in [0, 0.1) is 16.7 Å². The van der Waals surface area contributed by atoms with Gasteiger partial charge in [0.25, 0.3) is 0 Å². The third kappa shape index (κ3) is 2.91. The second-order valence-corrected chi connectivity index (χ2v) is 6.05. The summed E-state index contributed by atoms with van der Waals surface area (Å²) in [6.45, 7) is 4.40. The summed E-state index contributed by atoms with van der Waals surface area (Å²) < 4.78 is 0. The molecule has 0 unspecified atom stereocenters. The van der Waals surface area contributed by atoms with Crippen molar-refractivity contribution in [1.82, 2.24) is 9.97 Å². The Hall–Kier alpha value is -2.43. The highest BCUT2D eigenvalue weighted by atomic mass is 15.1. The Labute approximate surface area is 136 Å². The van der Waals surface area contributed by atoms with E-state index in [1.54, 1.807) is 6.08 Å². The fourth-order valence-electron chi connectivity index (χ4n) is 3.45. The van der Waals surface area contributed by atoms with Crippen molar-refractivity contribution < 1.29 is 0 Å². The lowest BCUT2D eigenvalue weighted by atomic mass is 9.94. The maximum Gasteiger partial charge on any atom is 0.139 e. The summed E-state index contributed by atoms with van der Waals surface area (Å²) in [4.78, 5) is 10.1. The van der Waals surface area contributed by atoms with E-state index < -0.39 is 0 Å². The molecule has 5 nitrogen and oxygen atoms in total. The minimum absolute atomic E-state index is 0.726. The summed E-state index contributed by atoms with van der Waals surface area (Å²) in [5, 5.41) is 16.0. The van der Waals surface area contributed by atoms with Crippen LogP contribution in [0.4, 0.5) is 5.69 Å². The van der Waals surface area contributed by atoms with Crippen LogP contribution in [-0.4, -0.2) is 35.5 Å². The van der Waals surface area contributed by atoms with Crippen molar-refractivity contribution in [2.24, 2.45) is 5.92 Å². The lowest BCUT2D eigenvalue weighted by molar-refractivity contribution is 0.405. The number of piperidine rings is 1. The second kappa shape index (κ2) is 6.77. The number of aromatic nitrogens is 2. The summed E-state index contributed by atoms with van der Waals surface area (Å²) in [5.74, 6) is 0.744. The van der Waals surface area contributed by atoms with Crippen LogP contribution in [0.25, 0.3) is 16.6 Å². The molecule has 1 saturated heterocycles. The Balaban J connectivity index is 2.10. The van der Waals surface area contributed by atoms with E-state index in [1.165, 1.54) is 37.4 Å². The fraction of sp³-hybridized carbons (Fsp3) is 0.389. The lowest BCUT2D eigenvalue weighted by Gasteiger charge is -2.34. The molecule has 0 aliphatic carbocycles. The molecule has 1 fully saturated rings. The van der Waals surface area contributed by atoms with E-state index in [4.69, 9.17) is 10.8 Å². The number of hydrogen-bond acceptors (Lipinski definition) is 4. The second-order valence-electron chi connectivity index (χ2n) is 6.05. The van der Waals surface area contributed by atoms with Gasteiger partial charge in [0.05, 0.1) is 0 Å². The summed E-state index contributed by atoms with van der Waals surface area (Å²) in [7, 11) is 0. The van der Waals surface area contributed by atoms with Crippen molar-refractivity contribution in [3.05, 3.63) is 30.1 Å². The van der Waals surface area contributed by atoms with Crippen molar-refractivity contribution in [2.45, 2.75) is 26.2 Å². The molecule has 1 aliphatic rings. The summed E-state index contributed by atoms with van der Waals surface area (Å²) >= 11 is 0. The highest BCUT2D eigenvalue weighted by Gasteiger charge is 2.22. The number of nitrogens with one attached hydrogen (secondary N) is 3. The van der Waals surface area contributed by atoms with Crippen molar-refractivity contribution in [2.75, 3.05) is 18.0 Å². The van der Waals surface area contributed by atoms with Crippen molar-refractivity contribution in [3.8, 4) is 0 Å². The first kappa shape index (κ1) is 15.5. The molecule has 0 amide bonds. The van der Waals surface area contributed by atoms with Gasteiger partial charge in [-0.3, -0.25) is 0 Å². The van der Waals surface area contributed by atoms with Crippen molar-refractivity contribution in [3.63, 3.8) is 0 Å². The Morgan fingerprint density at radius 1 is 1.48 bits per heavy atom. The quantitative estimate of drug-likeness (QED) is 0.733. The smallest absolute Gasteiger partial charge is 0.139 e. The van der Waals surface area contributed by atoms with Gasteiger partial charge >= 0.3 is 0 Å². The molecule has 23 heavy (non-hydrogen) atoms. The van der Waals surface area contributed by atoms with Gasteiger partial charge < -0.3 is 20.7 Å². The van der Waals surface area contributed by atoms with E-state index in [0.717, 1.165) is 41.2 Å². The summed E-state index contributed by atoms with van der Waals surface area (Å²) in [6, 6.07) is 2.07. The fourth-order valence-corrected chi connectivity index (χ4v) is 3.45. The molecule has 3 heterocycles. The van der Waals surface area contributed by atoms with E-state index in [9.17, 15) is 0 Å². The predicted octanol–water partition coefficient (Wildman–Crippen LogP) is 3.87. The zero-order chi connectivity index (χ0) is 16.2. The van der Waals surface area contributed by atoms with E-state index in [1.807, 2.05) is 12.4 Å². The monoisotopic (exact) mass is 309 g/mol. The largest absolute Gasteiger partial charge is 0.371 e. The van der Waals surface area contributed by atoms with Gasteiger partial charge in [0.15, 0.2) is 0 Å². The average molecular weight is 309 g/mol. The maximum absolute atomic E-state index is 7.65. The summed E-state index contributed by atoms with van der Waals surface area (Å²) in [5.41, 5.74) is 3.70. The highest BCUT2D eigenvalue weighted by Crippen LogP contribution is 2.34. The molecular formula is C18H23N5. The molecule has 3 N–H and O–H groups in total. The Bertz CT molecular complexity index is 743. The van der Waals surface area contributed by atoms with E-state index in [-0.39, 0.29) is 0 Å². The Kier molecular flexibility index (Phi) is 4.55. The number of anilines is 1. The first-order chi connectivity index (χ1) is 11.3. The first-order valence-corrected chi connectivity index (χ1v) is 8.21. The van der Waals surface area contributed by atoms with E-state index in [0.29, 0.717) is 0 Å². The number of rotatable bonds is 5. The normalized spacial score (nSPS) is 19.1. The van der Waals surface area contributed by atoms with Gasteiger partial charge in [0, 0.05) is 60.1 Å². The van der Waals surface area contributed by atoms with Gasteiger partial charge in [-0.05, 0) is 30.9 Å². The molecule has 0 saturated carbocycles. The van der Waals surface area contributed by atoms with Gasteiger partial charge in [0.1, 0.15) is 5.65 Å². The number of nitrogens with zero attached hydrogens (tertiary/aromatic N) is 2. The topological polar surface area (TPSA) is 79.6 Å². The van der Waals surface area contributed by atoms with Crippen LogP contribution in [-0.2, 0) is 0 Å². The molecule has 120 valence electrons. The molecule has 3 rings (SSSR count). The SMILES string of the molecule is CC[C@H]1CCCN(c2ccnc3[nH]cc(/C(C=N)=C/C=N)c23)C1. The third-order valence-corrected chi connectivity index (χ3v) is 4.72. The zero-order valence-corrected chi connectivity index (χ0v) is 13.5. The zero-order valence-electron chi connectivity index (χ0n) is 13.5. The molecule has 0 spiro atoms. The Morgan fingerprint density at radius 3 is 3.09 bits per heavy atom. The van der Waals surface area contributed by atoms with Crippen molar-refractivity contribution in [1.29, 1.82) is 10.8 Å². The standard InChI is InChI=1S/C18H23N5/c1-2-13-4-3-9-23(12-13)16-6-8-21-18-17(16)15(11-22-18)14(10-20)5-7-19/h5-8,10-11,13,19-20H,2-4,9,12H2,1H3,(H,21,22)/b14-5+,19-7?,20-10?/t13-/m0/s1. The maximum atomic E-state index is 7.65. The number of H-pyrrole nitrogens is 1. The van der Waals surface area contributed by atoms with Crippen LogP contribution in [0.1, 0.15) is 31.7 Å². The van der Waals surface area contributed by atoms with Crippen molar-refractivity contribution >= 4 is 34.7 Å². The average Bonchev–Trinajstić information content (AvgIpc) is 3.03. The third-order valence-electron chi connectivity index (χ3n) is 4.72. The minimum Gasteiger partial charge on any atom is -0.371 e. The predicted molar refractivity (Wildman–Crippen MR) is 96.9 cm³/mol. The first-order valence-electron chi connectivity index (χ1n) is 8.21. The van der Waals surface area contributed by atoms with Gasteiger partial charge in [-0.1, -0.05) is 13.3 Å². The van der Waals surface area contributed by atoms with Crippen LogP contribution < -0.4 is 4.90 Å². The van der Waals surface area contributed by atoms with Gasteiger partial charge in [0.2, 0.25) is 0 Å². The number of aromatic amines is 1. The minimum atomic E-state index is 0.726. The number of hydrogen-bond donors (Lipinski definition) is 3.